The van der Waals surface area contributed by atoms with Crippen molar-refractivity contribution >= 4 is 17.6 Å². The molecule has 1 aliphatic carbocycles. The number of anilines is 1. The number of hydrogen-bond donors (Lipinski definition) is 3. The summed E-state index contributed by atoms with van der Waals surface area (Å²) in [7, 11) is 0. The number of phenols is 1. The van der Waals surface area contributed by atoms with E-state index in [1.54, 1.807) is 0 Å². The Morgan fingerprint density at radius 1 is 1.39 bits per heavy atom. The second kappa shape index (κ2) is 4.68. The average Bonchev–Trinajstić information content (AvgIpc) is 3.14. The molecule has 1 amide bonds. The predicted octanol–water partition coefficient (Wildman–Crippen LogP) is 2.07. The molecular weight excluding hydrogens is 234 g/mol. The molecule has 18 heavy (non-hydrogen) atoms. The zero-order valence-electron chi connectivity index (χ0n) is 10.0. The molecule has 1 aromatic carbocycles. The van der Waals surface area contributed by atoms with Crippen molar-refractivity contribution in [3.8, 4) is 5.75 Å². The number of nitrogens with one attached hydrogen (secondary N) is 1. The molecule has 0 saturated heterocycles. The highest BCUT2D eigenvalue weighted by molar-refractivity contribution is 5.96. The zero-order valence-corrected chi connectivity index (χ0v) is 10.0. The van der Waals surface area contributed by atoms with Gasteiger partial charge in [-0.2, -0.15) is 0 Å². The third kappa shape index (κ3) is 2.61. The SMILES string of the molecule is CC(C(=O)Nc1ccc(O)c(C(=O)O)c1)C1CC1. The van der Waals surface area contributed by atoms with Crippen LogP contribution in [-0.4, -0.2) is 22.1 Å². The second-order valence-electron chi connectivity index (χ2n) is 4.65. The molecule has 5 nitrogen and oxygen atoms in total. The van der Waals surface area contributed by atoms with E-state index in [1.165, 1.54) is 18.2 Å². The standard InChI is InChI=1S/C13H15NO4/c1-7(8-2-3-8)12(16)14-9-4-5-11(15)10(6-9)13(17)18/h4-8,15H,2-3H2,1H3,(H,14,16)(H,17,18). The lowest BCUT2D eigenvalue weighted by molar-refractivity contribution is -0.119. The molecule has 1 aromatic rings. The quantitative estimate of drug-likeness (QED) is 0.713. The first-order valence-electron chi connectivity index (χ1n) is 5.86. The lowest BCUT2D eigenvalue weighted by atomic mass is 10.1. The average molecular weight is 249 g/mol. The normalized spacial score (nSPS) is 16.1. The largest absolute Gasteiger partial charge is 0.507 e. The van der Waals surface area contributed by atoms with Crippen molar-refractivity contribution in [3.05, 3.63) is 23.8 Å². The maximum absolute atomic E-state index is 11.8. The van der Waals surface area contributed by atoms with Crippen LogP contribution in [0.5, 0.6) is 5.75 Å². The number of hydrogen-bond acceptors (Lipinski definition) is 3. The molecule has 0 aliphatic heterocycles. The van der Waals surface area contributed by atoms with Crippen molar-refractivity contribution in [1.82, 2.24) is 0 Å². The van der Waals surface area contributed by atoms with Gasteiger partial charge in [-0.3, -0.25) is 4.79 Å². The minimum absolute atomic E-state index is 0.0629. The maximum Gasteiger partial charge on any atom is 0.339 e. The Morgan fingerprint density at radius 3 is 2.61 bits per heavy atom. The molecule has 0 aromatic heterocycles. The first kappa shape index (κ1) is 12.4. The highest BCUT2D eigenvalue weighted by Crippen LogP contribution is 2.37. The summed E-state index contributed by atoms with van der Waals surface area (Å²) in [6.07, 6.45) is 2.15. The predicted molar refractivity (Wildman–Crippen MR) is 65.6 cm³/mol. The van der Waals surface area contributed by atoms with Gasteiger partial charge >= 0.3 is 5.97 Å². The van der Waals surface area contributed by atoms with E-state index >= 15 is 0 Å². The van der Waals surface area contributed by atoms with Crippen LogP contribution in [-0.2, 0) is 4.79 Å². The number of carbonyl (C=O) groups is 2. The van der Waals surface area contributed by atoms with E-state index < -0.39 is 5.97 Å². The molecule has 5 heteroatoms. The first-order valence-corrected chi connectivity index (χ1v) is 5.86. The Morgan fingerprint density at radius 2 is 2.06 bits per heavy atom. The fourth-order valence-electron chi connectivity index (χ4n) is 1.85. The van der Waals surface area contributed by atoms with Gasteiger partial charge in [0.2, 0.25) is 5.91 Å². The molecule has 2 rings (SSSR count). The molecule has 0 heterocycles. The van der Waals surface area contributed by atoms with Crippen LogP contribution in [0.2, 0.25) is 0 Å². The number of aromatic carboxylic acids is 1. The van der Waals surface area contributed by atoms with Gasteiger partial charge in [0.1, 0.15) is 11.3 Å². The summed E-state index contributed by atoms with van der Waals surface area (Å²) in [5.74, 6) is -1.26. The van der Waals surface area contributed by atoms with Gasteiger partial charge in [0, 0.05) is 11.6 Å². The van der Waals surface area contributed by atoms with Gasteiger partial charge in [-0.05, 0) is 37.0 Å². The van der Waals surface area contributed by atoms with E-state index in [0.29, 0.717) is 11.6 Å². The number of aromatic hydroxyl groups is 1. The van der Waals surface area contributed by atoms with Gasteiger partial charge in [0.25, 0.3) is 0 Å². The van der Waals surface area contributed by atoms with Crippen LogP contribution in [0.25, 0.3) is 0 Å². The monoisotopic (exact) mass is 249 g/mol. The summed E-state index contributed by atoms with van der Waals surface area (Å²) in [6.45, 7) is 1.87. The minimum Gasteiger partial charge on any atom is -0.507 e. The fourth-order valence-corrected chi connectivity index (χ4v) is 1.85. The summed E-state index contributed by atoms with van der Waals surface area (Å²) >= 11 is 0. The molecule has 0 bridgehead atoms. The van der Waals surface area contributed by atoms with E-state index in [2.05, 4.69) is 5.32 Å². The number of benzene rings is 1. The van der Waals surface area contributed by atoms with Crippen molar-refractivity contribution in [3.63, 3.8) is 0 Å². The zero-order chi connectivity index (χ0) is 13.3. The van der Waals surface area contributed by atoms with Gasteiger partial charge in [-0.1, -0.05) is 6.92 Å². The molecule has 3 N–H and O–H groups in total. The first-order chi connectivity index (χ1) is 8.49. The fraction of sp³-hybridized carbons (Fsp3) is 0.385. The van der Waals surface area contributed by atoms with Crippen LogP contribution in [0.1, 0.15) is 30.1 Å². The summed E-state index contributed by atoms with van der Waals surface area (Å²) in [5, 5.41) is 20.9. The molecule has 1 atom stereocenters. The molecular formula is C13H15NO4. The maximum atomic E-state index is 11.8. The van der Waals surface area contributed by atoms with Crippen LogP contribution in [0, 0.1) is 11.8 Å². The number of carboxylic acid groups (broad SMARTS) is 1. The number of rotatable bonds is 4. The van der Waals surface area contributed by atoms with Crippen molar-refractivity contribution < 1.29 is 19.8 Å². The van der Waals surface area contributed by atoms with Crippen LogP contribution in [0.15, 0.2) is 18.2 Å². The van der Waals surface area contributed by atoms with Crippen LogP contribution >= 0.6 is 0 Å². The smallest absolute Gasteiger partial charge is 0.339 e. The second-order valence-corrected chi connectivity index (χ2v) is 4.65. The van der Waals surface area contributed by atoms with Crippen molar-refractivity contribution in [1.29, 1.82) is 0 Å². The van der Waals surface area contributed by atoms with E-state index in [0.717, 1.165) is 12.8 Å². The summed E-state index contributed by atoms with van der Waals surface area (Å²) in [4.78, 5) is 22.7. The van der Waals surface area contributed by atoms with Crippen molar-refractivity contribution in [2.45, 2.75) is 19.8 Å². The molecule has 1 fully saturated rings. The molecule has 1 unspecified atom stereocenters. The van der Waals surface area contributed by atoms with Gasteiger partial charge in [-0.15, -0.1) is 0 Å². The highest BCUT2D eigenvalue weighted by Gasteiger charge is 2.32. The Hall–Kier alpha value is -2.04. The molecule has 0 spiro atoms. The third-order valence-corrected chi connectivity index (χ3v) is 3.24. The van der Waals surface area contributed by atoms with Crippen molar-refractivity contribution in [2.75, 3.05) is 5.32 Å². The van der Waals surface area contributed by atoms with Gasteiger partial charge in [-0.25, -0.2) is 4.79 Å². The lowest BCUT2D eigenvalue weighted by Crippen LogP contribution is -2.21. The third-order valence-electron chi connectivity index (χ3n) is 3.24. The van der Waals surface area contributed by atoms with Gasteiger partial charge in [0.15, 0.2) is 0 Å². The number of carboxylic acids is 1. The van der Waals surface area contributed by atoms with Crippen LogP contribution < -0.4 is 5.32 Å². The molecule has 96 valence electrons. The summed E-state index contributed by atoms with van der Waals surface area (Å²) in [6, 6.07) is 4.01. The van der Waals surface area contributed by atoms with Gasteiger partial charge < -0.3 is 15.5 Å². The minimum atomic E-state index is -1.22. The number of carbonyl (C=O) groups excluding carboxylic acids is 1. The van der Waals surface area contributed by atoms with E-state index in [9.17, 15) is 14.7 Å². The van der Waals surface area contributed by atoms with Crippen LogP contribution in [0.3, 0.4) is 0 Å². The van der Waals surface area contributed by atoms with E-state index in [4.69, 9.17) is 5.11 Å². The highest BCUT2D eigenvalue weighted by atomic mass is 16.4. The summed E-state index contributed by atoms with van der Waals surface area (Å²) in [5.41, 5.74) is 0.176. The van der Waals surface area contributed by atoms with E-state index in [1.807, 2.05) is 6.92 Å². The molecule has 0 radical (unpaired) electrons. The Kier molecular flexibility index (Phi) is 3.23. The topological polar surface area (TPSA) is 86.6 Å². The lowest BCUT2D eigenvalue weighted by Gasteiger charge is -2.11. The van der Waals surface area contributed by atoms with E-state index in [-0.39, 0.29) is 23.1 Å². The molecule has 1 saturated carbocycles. The Balaban J connectivity index is 2.11. The van der Waals surface area contributed by atoms with Crippen LogP contribution in [0.4, 0.5) is 5.69 Å². The molecule has 1 aliphatic rings. The van der Waals surface area contributed by atoms with Crippen molar-refractivity contribution in [2.24, 2.45) is 11.8 Å². The summed E-state index contributed by atoms with van der Waals surface area (Å²) < 4.78 is 0. The number of amides is 1. The Bertz CT molecular complexity index is 494. The Labute approximate surface area is 104 Å². The van der Waals surface area contributed by atoms with Gasteiger partial charge in [0.05, 0.1) is 0 Å².